The summed E-state index contributed by atoms with van der Waals surface area (Å²) in [7, 11) is 0. The Morgan fingerprint density at radius 1 is 1.23 bits per heavy atom. The Bertz CT molecular complexity index is 731. The molecule has 2 aromatic carbocycles. The number of nitrogens with zero attached hydrogens (tertiary/aromatic N) is 1. The van der Waals surface area contributed by atoms with Crippen LogP contribution in [0.5, 0.6) is 5.75 Å². The average Bonchev–Trinajstić information content (AvgIpc) is 3.11. The van der Waals surface area contributed by atoms with Gasteiger partial charge in [-0.2, -0.15) is 0 Å². The highest BCUT2D eigenvalue weighted by Crippen LogP contribution is 2.23. The molecule has 2 aromatic rings. The van der Waals surface area contributed by atoms with Gasteiger partial charge in [-0.15, -0.1) is 0 Å². The molecule has 1 aliphatic rings. The third kappa shape index (κ3) is 4.75. The summed E-state index contributed by atoms with van der Waals surface area (Å²) in [6.45, 7) is 6.17. The topological polar surface area (TPSA) is 41.6 Å². The van der Waals surface area contributed by atoms with Gasteiger partial charge in [-0.25, -0.2) is 4.39 Å². The van der Waals surface area contributed by atoms with Gasteiger partial charge in [-0.1, -0.05) is 17.7 Å². The number of hydrogen-bond acceptors (Lipinski definition) is 3. The molecule has 0 bridgehead atoms. The first-order chi connectivity index (χ1) is 12.5. The third-order valence-electron chi connectivity index (χ3n) is 4.75. The second kappa shape index (κ2) is 8.21. The van der Waals surface area contributed by atoms with E-state index in [1.54, 1.807) is 19.1 Å². The quantitative estimate of drug-likeness (QED) is 0.861. The lowest BCUT2D eigenvalue weighted by atomic mass is 10.1. The Balaban J connectivity index is 1.44. The minimum absolute atomic E-state index is 0.106. The normalized spacial score (nSPS) is 17.8. The van der Waals surface area contributed by atoms with Crippen LogP contribution in [0.25, 0.3) is 0 Å². The SMILES string of the molecule is Cc1ccc(OC(C)C(=O)NCC2CCN(c3ccc(F)cc3)C2)cc1. The summed E-state index contributed by atoms with van der Waals surface area (Å²) < 4.78 is 18.7. The molecule has 2 unspecified atom stereocenters. The molecule has 2 atom stereocenters. The van der Waals surface area contributed by atoms with Crippen LogP contribution in [0.2, 0.25) is 0 Å². The fourth-order valence-corrected chi connectivity index (χ4v) is 3.15. The molecule has 4 nitrogen and oxygen atoms in total. The number of halogens is 1. The van der Waals surface area contributed by atoms with E-state index in [1.807, 2.05) is 31.2 Å². The van der Waals surface area contributed by atoms with Gasteiger partial charge in [0.25, 0.3) is 5.91 Å². The van der Waals surface area contributed by atoms with Gasteiger partial charge >= 0.3 is 0 Å². The van der Waals surface area contributed by atoms with Gasteiger partial charge < -0.3 is 15.0 Å². The van der Waals surface area contributed by atoms with Crippen LogP contribution in [0.15, 0.2) is 48.5 Å². The van der Waals surface area contributed by atoms with Gasteiger partial charge in [0.2, 0.25) is 0 Å². The van der Waals surface area contributed by atoms with Gasteiger partial charge in [0, 0.05) is 25.3 Å². The summed E-state index contributed by atoms with van der Waals surface area (Å²) >= 11 is 0. The molecule has 1 N–H and O–H groups in total. The predicted octanol–water partition coefficient (Wildman–Crippen LogP) is 3.54. The van der Waals surface area contributed by atoms with Gasteiger partial charge in [-0.3, -0.25) is 4.79 Å². The van der Waals surface area contributed by atoms with Crippen LogP contribution in [0, 0.1) is 18.7 Å². The molecule has 0 aliphatic carbocycles. The lowest BCUT2D eigenvalue weighted by molar-refractivity contribution is -0.127. The number of carbonyl (C=O) groups excluding carboxylic acids is 1. The highest BCUT2D eigenvalue weighted by atomic mass is 19.1. The van der Waals surface area contributed by atoms with Crippen LogP contribution in [-0.4, -0.2) is 31.6 Å². The van der Waals surface area contributed by atoms with E-state index in [0.29, 0.717) is 18.2 Å². The van der Waals surface area contributed by atoms with E-state index in [2.05, 4.69) is 10.2 Å². The molecule has 0 spiro atoms. The molecule has 26 heavy (non-hydrogen) atoms. The van der Waals surface area contributed by atoms with Crippen molar-refractivity contribution in [3.05, 3.63) is 59.9 Å². The molecule has 1 saturated heterocycles. The molecular weight excluding hydrogens is 331 g/mol. The summed E-state index contributed by atoms with van der Waals surface area (Å²) in [5.74, 6) is 0.752. The van der Waals surface area contributed by atoms with Crippen molar-refractivity contribution in [1.29, 1.82) is 0 Å². The Morgan fingerprint density at radius 3 is 2.62 bits per heavy atom. The Hall–Kier alpha value is -2.56. The van der Waals surface area contributed by atoms with Crippen LogP contribution >= 0.6 is 0 Å². The second-order valence-corrected chi connectivity index (χ2v) is 6.90. The van der Waals surface area contributed by atoms with Crippen molar-refractivity contribution in [2.45, 2.75) is 26.4 Å². The number of aryl methyl sites for hydroxylation is 1. The number of anilines is 1. The number of benzene rings is 2. The van der Waals surface area contributed by atoms with E-state index in [-0.39, 0.29) is 11.7 Å². The number of rotatable bonds is 6. The lowest BCUT2D eigenvalue weighted by Crippen LogP contribution is -2.39. The number of carbonyl (C=O) groups is 1. The zero-order valence-corrected chi connectivity index (χ0v) is 15.2. The van der Waals surface area contributed by atoms with Gasteiger partial charge in [0.15, 0.2) is 6.10 Å². The molecular formula is C21H25FN2O2. The summed E-state index contributed by atoms with van der Waals surface area (Å²) in [4.78, 5) is 14.5. The van der Waals surface area contributed by atoms with Crippen LogP contribution in [0.1, 0.15) is 18.9 Å². The van der Waals surface area contributed by atoms with E-state index in [4.69, 9.17) is 4.74 Å². The molecule has 3 rings (SSSR count). The number of hydrogen-bond donors (Lipinski definition) is 1. The van der Waals surface area contributed by atoms with Crippen molar-refractivity contribution in [1.82, 2.24) is 5.32 Å². The minimum Gasteiger partial charge on any atom is -0.481 e. The van der Waals surface area contributed by atoms with E-state index < -0.39 is 6.10 Å². The molecule has 0 saturated carbocycles. The zero-order chi connectivity index (χ0) is 18.5. The molecule has 1 heterocycles. The van der Waals surface area contributed by atoms with E-state index in [0.717, 1.165) is 30.8 Å². The largest absolute Gasteiger partial charge is 0.481 e. The highest BCUT2D eigenvalue weighted by molar-refractivity contribution is 5.80. The maximum atomic E-state index is 13.0. The molecule has 5 heteroatoms. The van der Waals surface area contributed by atoms with E-state index in [9.17, 15) is 9.18 Å². The van der Waals surface area contributed by atoms with Gasteiger partial charge in [-0.05, 0) is 62.6 Å². The number of ether oxygens (including phenoxy) is 1. The van der Waals surface area contributed by atoms with Gasteiger partial charge in [0.05, 0.1) is 0 Å². The van der Waals surface area contributed by atoms with Crippen molar-refractivity contribution in [3.63, 3.8) is 0 Å². The first kappa shape index (κ1) is 18.2. The standard InChI is InChI=1S/C21H25FN2O2/c1-15-3-9-20(10-4-15)26-16(2)21(25)23-13-17-11-12-24(14-17)19-7-5-18(22)6-8-19/h3-10,16-17H,11-14H2,1-2H3,(H,23,25). The van der Waals surface area contributed by atoms with Gasteiger partial charge in [0.1, 0.15) is 11.6 Å². The molecule has 1 amide bonds. The Morgan fingerprint density at radius 2 is 1.92 bits per heavy atom. The van der Waals surface area contributed by atoms with Crippen LogP contribution in [0.4, 0.5) is 10.1 Å². The van der Waals surface area contributed by atoms with Crippen LogP contribution in [-0.2, 0) is 4.79 Å². The number of amides is 1. The summed E-state index contributed by atoms with van der Waals surface area (Å²) in [5, 5.41) is 2.99. The second-order valence-electron chi connectivity index (χ2n) is 6.90. The zero-order valence-electron chi connectivity index (χ0n) is 15.2. The molecule has 138 valence electrons. The van der Waals surface area contributed by atoms with Crippen molar-refractivity contribution < 1.29 is 13.9 Å². The summed E-state index contributed by atoms with van der Waals surface area (Å²) in [6.07, 6.45) is 0.470. The summed E-state index contributed by atoms with van der Waals surface area (Å²) in [6, 6.07) is 14.2. The van der Waals surface area contributed by atoms with Crippen molar-refractivity contribution in [2.75, 3.05) is 24.5 Å². The van der Waals surface area contributed by atoms with E-state index >= 15 is 0 Å². The van der Waals surface area contributed by atoms with Crippen molar-refractivity contribution in [3.8, 4) is 5.75 Å². The smallest absolute Gasteiger partial charge is 0.260 e. The van der Waals surface area contributed by atoms with E-state index in [1.165, 1.54) is 12.1 Å². The van der Waals surface area contributed by atoms with Crippen molar-refractivity contribution >= 4 is 11.6 Å². The monoisotopic (exact) mass is 356 g/mol. The molecule has 1 fully saturated rings. The Kier molecular flexibility index (Phi) is 5.76. The number of nitrogens with one attached hydrogen (secondary N) is 1. The third-order valence-corrected chi connectivity index (χ3v) is 4.75. The first-order valence-corrected chi connectivity index (χ1v) is 9.03. The maximum absolute atomic E-state index is 13.0. The molecule has 0 radical (unpaired) electrons. The van der Waals surface area contributed by atoms with Crippen LogP contribution in [0.3, 0.4) is 0 Å². The first-order valence-electron chi connectivity index (χ1n) is 9.03. The maximum Gasteiger partial charge on any atom is 0.260 e. The fraction of sp³-hybridized carbons (Fsp3) is 0.381. The fourth-order valence-electron chi connectivity index (χ4n) is 3.15. The van der Waals surface area contributed by atoms with Crippen molar-refractivity contribution in [2.24, 2.45) is 5.92 Å². The average molecular weight is 356 g/mol. The molecule has 1 aliphatic heterocycles. The predicted molar refractivity (Wildman–Crippen MR) is 101 cm³/mol. The highest BCUT2D eigenvalue weighted by Gasteiger charge is 2.24. The van der Waals surface area contributed by atoms with Crippen LogP contribution < -0.4 is 15.0 Å². The lowest BCUT2D eigenvalue weighted by Gasteiger charge is -2.19. The minimum atomic E-state index is -0.535. The Labute approximate surface area is 154 Å². The molecule has 0 aromatic heterocycles. The summed E-state index contributed by atoms with van der Waals surface area (Å²) in [5.41, 5.74) is 2.18.